The maximum atomic E-state index is 13.1. The number of carbonyl (C=O) groups excluding carboxylic acids is 1. The van der Waals surface area contributed by atoms with Gasteiger partial charge in [-0.2, -0.15) is 0 Å². The predicted molar refractivity (Wildman–Crippen MR) is 92.7 cm³/mol. The van der Waals surface area contributed by atoms with E-state index < -0.39 is 22.0 Å². The van der Waals surface area contributed by atoms with E-state index in [2.05, 4.69) is 0 Å². The second-order valence-corrected chi connectivity index (χ2v) is 8.70. The van der Waals surface area contributed by atoms with Crippen molar-refractivity contribution >= 4 is 15.7 Å². The molecule has 2 aliphatic heterocycles. The first-order chi connectivity index (χ1) is 12.5. The van der Waals surface area contributed by atoms with Gasteiger partial charge in [0.05, 0.1) is 24.3 Å². The molecule has 7 nitrogen and oxygen atoms in total. The van der Waals surface area contributed by atoms with Gasteiger partial charge in [-0.05, 0) is 30.7 Å². The lowest BCUT2D eigenvalue weighted by molar-refractivity contribution is -0.144. The van der Waals surface area contributed by atoms with Gasteiger partial charge in [0.1, 0.15) is 12.4 Å². The maximum absolute atomic E-state index is 13.1. The Labute approximate surface area is 151 Å². The number of hydrogen-bond donors (Lipinski definition) is 0. The predicted octanol–water partition coefficient (Wildman–Crippen LogP) is 1.64. The Bertz CT molecular complexity index is 892. The van der Waals surface area contributed by atoms with E-state index in [0.29, 0.717) is 23.7 Å². The number of nitrogens with zero attached hydrogens (tertiary/aromatic N) is 1. The van der Waals surface area contributed by atoms with Gasteiger partial charge in [-0.25, -0.2) is 8.42 Å². The highest BCUT2D eigenvalue weighted by molar-refractivity contribution is 7.91. The Hall–Kier alpha value is -2.48. The van der Waals surface area contributed by atoms with E-state index in [1.54, 1.807) is 35.2 Å². The van der Waals surface area contributed by atoms with Crippen LogP contribution in [0.2, 0.25) is 0 Å². The van der Waals surface area contributed by atoms with Crippen LogP contribution in [0.5, 0.6) is 11.5 Å². The smallest absolute Gasteiger partial charge is 0.267 e. The zero-order valence-electron chi connectivity index (χ0n) is 14.0. The molecule has 1 aromatic carbocycles. The van der Waals surface area contributed by atoms with E-state index in [1.807, 2.05) is 6.07 Å². The lowest BCUT2D eigenvalue weighted by Crippen LogP contribution is -2.50. The number of sulfone groups is 1. The number of benzene rings is 1. The summed E-state index contributed by atoms with van der Waals surface area (Å²) in [7, 11) is -3.13. The molecule has 3 heterocycles. The van der Waals surface area contributed by atoms with Crippen molar-refractivity contribution in [3.8, 4) is 11.5 Å². The van der Waals surface area contributed by atoms with Crippen LogP contribution in [0.1, 0.15) is 12.2 Å². The van der Waals surface area contributed by atoms with Crippen LogP contribution in [0.25, 0.3) is 0 Å². The first kappa shape index (κ1) is 17.0. The molecule has 1 amide bonds. The minimum atomic E-state index is -3.13. The van der Waals surface area contributed by atoms with Crippen molar-refractivity contribution in [1.29, 1.82) is 0 Å². The minimum absolute atomic E-state index is 0.0381. The zero-order chi connectivity index (χ0) is 18.1. The summed E-state index contributed by atoms with van der Waals surface area (Å²) in [6, 6.07) is 10.3. The highest BCUT2D eigenvalue weighted by atomic mass is 32.2. The van der Waals surface area contributed by atoms with Gasteiger partial charge in [0.2, 0.25) is 6.10 Å². The van der Waals surface area contributed by atoms with Crippen LogP contribution in [-0.4, -0.2) is 49.5 Å². The average molecular weight is 377 g/mol. The fourth-order valence-electron chi connectivity index (χ4n) is 3.30. The first-order valence-electron chi connectivity index (χ1n) is 8.43. The van der Waals surface area contributed by atoms with Crippen LogP contribution in [0.15, 0.2) is 47.1 Å². The van der Waals surface area contributed by atoms with E-state index in [1.165, 1.54) is 6.26 Å². The summed E-state index contributed by atoms with van der Waals surface area (Å²) in [4.78, 5) is 14.7. The van der Waals surface area contributed by atoms with Crippen LogP contribution < -0.4 is 9.47 Å². The molecule has 2 unspecified atom stereocenters. The molecule has 0 spiro atoms. The van der Waals surface area contributed by atoms with Gasteiger partial charge < -0.3 is 18.8 Å². The molecule has 138 valence electrons. The van der Waals surface area contributed by atoms with Crippen LogP contribution in [0.4, 0.5) is 0 Å². The molecule has 2 atom stereocenters. The molecule has 0 saturated carbocycles. The lowest BCUT2D eigenvalue weighted by atomic mass is 10.1. The highest BCUT2D eigenvalue weighted by Gasteiger charge is 2.39. The Balaban J connectivity index is 1.56. The molecule has 1 saturated heterocycles. The van der Waals surface area contributed by atoms with Crippen LogP contribution in [-0.2, 0) is 21.2 Å². The van der Waals surface area contributed by atoms with Crippen molar-refractivity contribution in [1.82, 2.24) is 4.90 Å². The molecule has 0 bridgehead atoms. The normalized spacial score (nSPS) is 23.5. The number of furan rings is 1. The standard InChI is InChI=1S/C18H19NO6S/c20-18(17-11-24-15-5-1-2-6-16(15)25-17)19(10-14-4-3-8-23-14)13-7-9-26(21,22)12-13/h1-6,8,13,17H,7,9-12H2. The number of para-hydroxylation sites is 2. The third-order valence-corrected chi connectivity index (χ3v) is 6.37. The number of hydrogen-bond acceptors (Lipinski definition) is 6. The van der Waals surface area contributed by atoms with E-state index in [9.17, 15) is 13.2 Å². The number of ether oxygens (including phenoxy) is 2. The third kappa shape index (κ3) is 3.41. The van der Waals surface area contributed by atoms with Gasteiger partial charge in [-0.15, -0.1) is 0 Å². The summed E-state index contributed by atoms with van der Waals surface area (Å²) in [5.41, 5.74) is 0. The first-order valence-corrected chi connectivity index (χ1v) is 10.3. The van der Waals surface area contributed by atoms with Gasteiger partial charge in [0.25, 0.3) is 5.91 Å². The number of amides is 1. The average Bonchev–Trinajstić information content (AvgIpc) is 3.27. The molecule has 4 rings (SSSR count). The van der Waals surface area contributed by atoms with Gasteiger partial charge in [-0.3, -0.25) is 4.79 Å². The fraction of sp³-hybridized carbons (Fsp3) is 0.389. The number of carbonyl (C=O) groups is 1. The molecular formula is C18H19NO6S. The zero-order valence-corrected chi connectivity index (χ0v) is 14.9. The van der Waals surface area contributed by atoms with Crippen LogP contribution in [0.3, 0.4) is 0 Å². The molecular weight excluding hydrogens is 358 g/mol. The molecule has 0 aliphatic carbocycles. The molecule has 1 fully saturated rings. The summed E-state index contributed by atoms with van der Waals surface area (Å²) in [6.07, 6.45) is 1.13. The van der Waals surface area contributed by atoms with Gasteiger partial charge in [-0.1, -0.05) is 12.1 Å². The SMILES string of the molecule is O=C(C1COc2ccccc2O1)N(Cc1ccco1)C1CCS(=O)(=O)C1. The van der Waals surface area contributed by atoms with Crippen molar-refractivity contribution < 1.29 is 27.1 Å². The van der Waals surface area contributed by atoms with Crippen LogP contribution >= 0.6 is 0 Å². The number of rotatable bonds is 4. The molecule has 26 heavy (non-hydrogen) atoms. The molecule has 8 heteroatoms. The quantitative estimate of drug-likeness (QED) is 0.805. The topological polar surface area (TPSA) is 86.1 Å². The Morgan fingerprint density at radius 1 is 1.15 bits per heavy atom. The Kier molecular flexibility index (Phi) is 4.36. The summed E-state index contributed by atoms with van der Waals surface area (Å²) < 4.78 is 40.6. The second-order valence-electron chi connectivity index (χ2n) is 6.47. The second kappa shape index (κ2) is 6.68. The molecule has 1 aromatic heterocycles. The summed E-state index contributed by atoms with van der Waals surface area (Å²) in [6.45, 7) is 0.289. The monoisotopic (exact) mass is 377 g/mol. The molecule has 2 aromatic rings. The lowest BCUT2D eigenvalue weighted by Gasteiger charge is -2.33. The van der Waals surface area contributed by atoms with Gasteiger partial charge in [0, 0.05) is 6.04 Å². The van der Waals surface area contributed by atoms with E-state index in [0.717, 1.165) is 0 Å². The van der Waals surface area contributed by atoms with Crippen molar-refractivity contribution in [2.45, 2.75) is 25.1 Å². The van der Waals surface area contributed by atoms with Crippen molar-refractivity contribution in [2.24, 2.45) is 0 Å². The molecule has 0 radical (unpaired) electrons. The van der Waals surface area contributed by atoms with Crippen molar-refractivity contribution in [3.63, 3.8) is 0 Å². The van der Waals surface area contributed by atoms with Gasteiger partial charge in [0.15, 0.2) is 21.3 Å². The summed E-state index contributed by atoms with van der Waals surface area (Å²) >= 11 is 0. The number of fused-ring (bicyclic) bond motifs is 1. The largest absolute Gasteiger partial charge is 0.485 e. The van der Waals surface area contributed by atoms with E-state index in [-0.39, 0.29) is 30.6 Å². The maximum Gasteiger partial charge on any atom is 0.267 e. The molecule has 0 N–H and O–H groups in total. The molecule has 2 aliphatic rings. The minimum Gasteiger partial charge on any atom is -0.485 e. The van der Waals surface area contributed by atoms with E-state index in [4.69, 9.17) is 13.9 Å². The van der Waals surface area contributed by atoms with Crippen LogP contribution in [0, 0.1) is 0 Å². The third-order valence-electron chi connectivity index (χ3n) is 4.62. The van der Waals surface area contributed by atoms with Gasteiger partial charge >= 0.3 is 0 Å². The van der Waals surface area contributed by atoms with E-state index >= 15 is 0 Å². The summed E-state index contributed by atoms with van der Waals surface area (Å²) in [5, 5.41) is 0. The fourth-order valence-corrected chi connectivity index (χ4v) is 5.04. The Morgan fingerprint density at radius 3 is 2.65 bits per heavy atom. The Morgan fingerprint density at radius 2 is 1.96 bits per heavy atom. The van der Waals surface area contributed by atoms with Crippen molar-refractivity contribution in [3.05, 3.63) is 48.4 Å². The summed E-state index contributed by atoms with van der Waals surface area (Å²) in [5.74, 6) is 1.46. The highest BCUT2D eigenvalue weighted by Crippen LogP contribution is 2.32. The van der Waals surface area contributed by atoms with Crippen molar-refractivity contribution in [2.75, 3.05) is 18.1 Å².